The zero-order chi connectivity index (χ0) is 17.6. The number of aryl methyl sites for hydroxylation is 2. The second kappa shape index (κ2) is 8.48. The molecule has 0 saturated carbocycles. The fraction of sp³-hybridized carbons (Fsp3) is 0.455. The van der Waals surface area contributed by atoms with Crippen LogP contribution in [-0.4, -0.2) is 37.6 Å². The number of piperazine rings is 1. The van der Waals surface area contributed by atoms with Crippen LogP contribution in [0.25, 0.3) is 0 Å². The molecule has 1 aliphatic heterocycles. The summed E-state index contributed by atoms with van der Waals surface area (Å²) >= 11 is 0. The molecular formula is C22H29FN2. The van der Waals surface area contributed by atoms with Gasteiger partial charge in [-0.05, 0) is 54.7 Å². The Bertz CT molecular complexity index is 690. The molecule has 0 aromatic heterocycles. The van der Waals surface area contributed by atoms with E-state index in [1.54, 1.807) is 12.1 Å². The lowest BCUT2D eigenvalue weighted by Crippen LogP contribution is -2.47. The van der Waals surface area contributed by atoms with E-state index in [1.165, 1.54) is 35.6 Å². The van der Waals surface area contributed by atoms with Crippen molar-refractivity contribution in [1.82, 2.24) is 4.90 Å². The van der Waals surface area contributed by atoms with Crippen molar-refractivity contribution in [3.8, 4) is 0 Å². The molecule has 0 atom stereocenters. The minimum atomic E-state index is -0.151. The van der Waals surface area contributed by atoms with E-state index < -0.39 is 0 Å². The van der Waals surface area contributed by atoms with Crippen molar-refractivity contribution in [2.45, 2.75) is 33.1 Å². The second-order valence-corrected chi connectivity index (χ2v) is 7.07. The number of benzene rings is 2. The predicted octanol–water partition coefficient (Wildman–Crippen LogP) is 4.45. The topological polar surface area (TPSA) is 6.48 Å². The molecule has 25 heavy (non-hydrogen) atoms. The fourth-order valence-electron chi connectivity index (χ4n) is 3.61. The van der Waals surface area contributed by atoms with E-state index in [0.29, 0.717) is 0 Å². The summed E-state index contributed by atoms with van der Waals surface area (Å²) in [5.74, 6) is -0.151. The van der Waals surface area contributed by atoms with Gasteiger partial charge in [-0.15, -0.1) is 0 Å². The van der Waals surface area contributed by atoms with E-state index in [-0.39, 0.29) is 5.82 Å². The van der Waals surface area contributed by atoms with Crippen LogP contribution in [0.3, 0.4) is 0 Å². The minimum Gasteiger partial charge on any atom is -0.369 e. The molecule has 0 unspecified atom stereocenters. The zero-order valence-electron chi connectivity index (χ0n) is 15.5. The highest BCUT2D eigenvalue weighted by Gasteiger charge is 2.17. The lowest BCUT2D eigenvalue weighted by molar-refractivity contribution is 0.261. The van der Waals surface area contributed by atoms with Crippen molar-refractivity contribution < 1.29 is 4.39 Å². The first-order valence-corrected chi connectivity index (χ1v) is 9.47. The van der Waals surface area contributed by atoms with Gasteiger partial charge in [0.2, 0.25) is 0 Å². The van der Waals surface area contributed by atoms with Crippen LogP contribution in [-0.2, 0) is 12.8 Å². The maximum atomic E-state index is 13.4. The molecule has 0 spiro atoms. The fourth-order valence-corrected chi connectivity index (χ4v) is 3.61. The molecule has 2 aromatic carbocycles. The summed E-state index contributed by atoms with van der Waals surface area (Å²) in [7, 11) is 0. The van der Waals surface area contributed by atoms with Gasteiger partial charge in [0.05, 0.1) is 0 Å². The zero-order valence-corrected chi connectivity index (χ0v) is 15.5. The van der Waals surface area contributed by atoms with Crippen LogP contribution in [0, 0.1) is 12.7 Å². The van der Waals surface area contributed by atoms with E-state index >= 15 is 0 Å². The van der Waals surface area contributed by atoms with Gasteiger partial charge in [0.15, 0.2) is 0 Å². The normalized spacial score (nSPS) is 15.6. The Morgan fingerprint density at radius 1 is 0.960 bits per heavy atom. The predicted molar refractivity (Wildman–Crippen MR) is 104 cm³/mol. The van der Waals surface area contributed by atoms with E-state index in [1.807, 2.05) is 6.07 Å². The third-order valence-electron chi connectivity index (χ3n) is 5.20. The summed E-state index contributed by atoms with van der Waals surface area (Å²) in [6.45, 7) is 9.58. The van der Waals surface area contributed by atoms with E-state index in [0.717, 1.165) is 44.8 Å². The SMILES string of the molecule is CCCc1cc(CCN2CCN(c3cccc(F)c3)CC2)ccc1C. The van der Waals surface area contributed by atoms with Crippen LogP contribution >= 0.6 is 0 Å². The van der Waals surface area contributed by atoms with E-state index in [9.17, 15) is 4.39 Å². The van der Waals surface area contributed by atoms with Crippen molar-refractivity contribution in [1.29, 1.82) is 0 Å². The molecule has 0 bridgehead atoms. The molecule has 3 rings (SSSR count). The van der Waals surface area contributed by atoms with Gasteiger partial charge in [0, 0.05) is 38.4 Å². The summed E-state index contributed by atoms with van der Waals surface area (Å²) in [6.07, 6.45) is 3.48. The van der Waals surface area contributed by atoms with Gasteiger partial charge in [0.1, 0.15) is 5.82 Å². The van der Waals surface area contributed by atoms with Crippen LogP contribution < -0.4 is 4.90 Å². The van der Waals surface area contributed by atoms with Gasteiger partial charge in [-0.2, -0.15) is 0 Å². The Morgan fingerprint density at radius 2 is 1.76 bits per heavy atom. The smallest absolute Gasteiger partial charge is 0.125 e. The highest BCUT2D eigenvalue weighted by atomic mass is 19.1. The molecule has 1 aliphatic rings. The molecule has 0 amide bonds. The molecule has 2 nitrogen and oxygen atoms in total. The molecule has 0 N–H and O–H groups in total. The number of hydrogen-bond donors (Lipinski definition) is 0. The molecule has 0 radical (unpaired) electrons. The van der Waals surface area contributed by atoms with E-state index in [2.05, 4.69) is 41.8 Å². The second-order valence-electron chi connectivity index (χ2n) is 7.07. The number of rotatable bonds is 6. The maximum absolute atomic E-state index is 13.4. The van der Waals surface area contributed by atoms with Gasteiger partial charge in [-0.25, -0.2) is 4.39 Å². The summed E-state index contributed by atoms with van der Waals surface area (Å²) in [6, 6.07) is 13.9. The minimum absolute atomic E-state index is 0.151. The highest BCUT2D eigenvalue weighted by molar-refractivity contribution is 5.46. The van der Waals surface area contributed by atoms with Crippen molar-refractivity contribution in [2.24, 2.45) is 0 Å². The van der Waals surface area contributed by atoms with Crippen molar-refractivity contribution in [3.05, 3.63) is 65.0 Å². The number of halogens is 1. The Kier molecular flexibility index (Phi) is 6.09. The molecule has 0 aliphatic carbocycles. The van der Waals surface area contributed by atoms with Crippen LogP contribution in [0.15, 0.2) is 42.5 Å². The van der Waals surface area contributed by atoms with Crippen molar-refractivity contribution in [3.63, 3.8) is 0 Å². The summed E-state index contributed by atoms with van der Waals surface area (Å²) in [4.78, 5) is 4.81. The Morgan fingerprint density at radius 3 is 2.48 bits per heavy atom. The van der Waals surface area contributed by atoms with Crippen LogP contribution in [0.4, 0.5) is 10.1 Å². The van der Waals surface area contributed by atoms with Gasteiger partial charge >= 0.3 is 0 Å². The van der Waals surface area contributed by atoms with Gasteiger partial charge in [0.25, 0.3) is 0 Å². The first-order valence-electron chi connectivity index (χ1n) is 9.47. The lowest BCUT2D eigenvalue weighted by Gasteiger charge is -2.36. The van der Waals surface area contributed by atoms with Crippen molar-refractivity contribution in [2.75, 3.05) is 37.6 Å². The third kappa shape index (κ3) is 4.82. The van der Waals surface area contributed by atoms with Gasteiger partial charge in [-0.1, -0.05) is 37.6 Å². The van der Waals surface area contributed by atoms with Crippen LogP contribution in [0.5, 0.6) is 0 Å². The molecular weight excluding hydrogens is 311 g/mol. The summed E-state index contributed by atoms with van der Waals surface area (Å²) in [5, 5.41) is 0. The number of hydrogen-bond acceptors (Lipinski definition) is 2. The lowest BCUT2D eigenvalue weighted by atomic mass is 9.99. The first-order chi connectivity index (χ1) is 12.2. The monoisotopic (exact) mass is 340 g/mol. The molecule has 3 heteroatoms. The molecule has 134 valence electrons. The molecule has 1 fully saturated rings. The standard InChI is InChI=1S/C22H29FN2/c1-3-5-20-16-19(9-8-18(20)2)10-11-24-12-14-25(15-13-24)22-7-4-6-21(23)17-22/h4,6-9,16-17H,3,5,10-15H2,1-2H3. The number of nitrogens with zero attached hydrogens (tertiary/aromatic N) is 2. The maximum Gasteiger partial charge on any atom is 0.125 e. The summed E-state index contributed by atoms with van der Waals surface area (Å²) < 4.78 is 13.4. The van der Waals surface area contributed by atoms with Crippen LogP contribution in [0.1, 0.15) is 30.0 Å². The Balaban J connectivity index is 1.50. The first kappa shape index (κ1) is 17.9. The van der Waals surface area contributed by atoms with Gasteiger partial charge in [-0.3, -0.25) is 4.90 Å². The average molecular weight is 340 g/mol. The van der Waals surface area contributed by atoms with Crippen molar-refractivity contribution >= 4 is 5.69 Å². The summed E-state index contributed by atoms with van der Waals surface area (Å²) in [5.41, 5.74) is 5.36. The molecule has 2 aromatic rings. The number of anilines is 1. The molecule has 1 saturated heterocycles. The highest BCUT2D eigenvalue weighted by Crippen LogP contribution is 2.18. The Hall–Kier alpha value is -1.87. The quantitative estimate of drug-likeness (QED) is 0.766. The molecule has 1 heterocycles. The largest absolute Gasteiger partial charge is 0.369 e. The third-order valence-corrected chi connectivity index (χ3v) is 5.20. The van der Waals surface area contributed by atoms with Gasteiger partial charge < -0.3 is 4.90 Å². The van der Waals surface area contributed by atoms with E-state index in [4.69, 9.17) is 0 Å². The van der Waals surface area contributed by atoms with Crippen LogP contribution in [0.2, 0.25) is 0 Å². The average Bonchev–Trinajstić information content (AvgIpc) is 2.63. The Labute approximate surface area is 151 Å².